The molecule has 0 saturated carbocycles. The fraction of sp³-hybridized carbons (Fsp3) is 0.538. The molecular weight excluding hydrogens is 269 g/mol. The average Bonchev–Trinajstić information content (AvgIpc) is 2.21. The van der Waals surface area contributed by atoms with E-state index in [2.05, 4.69) is 35.1 Å². The number of benzene rings is 1. The Hall–Kier alpha value is -0.410. The second-order valence-electron chi connectivity index (χ2n) is 4.56. The van der Waals surface area contributed by atoms with Crippen LogP contribution in [0.3, 0.4) is 0 Å². The molecule has 1 atom stereocenters. The number of rotatable bonds is 5. The van der Waals surface area contributed by atoms with Gasteiger partial charge in [-0.3, -0.25) is 0 Å². The first-order valence-corrected chi connectivity index (χ1v) is 6.43. The van der Waals surface area contributed by atoms with E-state index in [9.17, 15) is 4.39 Å². The molecule has 0 spiro atoms. The molecule has 1 nitrogen and oxygen atoms in total. The van der Waals surface area contributed by atoms with Gasteiger partial charge in [-0.25, -0.2) is 4.39 Å². The monoisotopic (exact) mass is 287 g/mol. The third-order valence-corrected chi connectivity index (χ3v) is 3.41. The number of hydrogen-bond acceptors (Lipinski definition) is 1. The minimum absolute atomic E-state index is 0.169. The third kappa shape index (κ3) is 4.22. The van der Waals surface area contributed by atoms with Crippen LogP contribution in [0, 0.1) is 11.7 Å². The van der Waals surface area contributed by atoms with E-state index >= 15 is 0 Å². The first-order valence-electron chi connectivity index (χ1n) is 5.64. The van der Waals surface area contributed by atoms with Gasteiger partial charge in [-0.2, -0.15) is 0 Å². The zero-order chi connectivity index (χ0) is 12.1. The molecule has 90 valence electrons. The van der Waals surface area contributed by atoms with Gasteiger partial charge in [0.2, 0.25) is 0 Å². The van der Waals surface area contributed by atoms with E-state index in [1.807, 2.05) is 7.05 Å². The lowest BCUT2D eigenvalue weighted by atomic mass is 9.97. The van der Waals surface area contributed by atoms with Crippen LogP contribution in [0.4, 0.5) is 4.39 Å². The van der Waals surface area contributed by atoms with Crippen molar-refractivity contribution in [2.45, 2.75) is 32.7 Å². The number of halogens is 2. The summed E-state index contributed by atoms with van der Waals surface area (Å²) in [6.07, 6.45) is 1.95. The van der Waals surface area contributed by atoms with Crippen molar-refractivity contribution in [3.8, 4) is 0 Å². The van der Waals surface area contributed by atoms with E-state index in [4.69, 9.17) is 0 Å². The van der Waals surface area contributed by atoms with Crippen molar-refractivity contribution >= 4 is 15.9 Å². The van der Waals surface area contributed by atoms with Crippen LogP contribution in [0.1, 0.15) is 25.8 Å². The number of hydrogen-bond donors (Lipinski definition) is 1. The van der Waals surface area contributed by atoms with Crippen LogP contribution >= 0.6 is 15.9 Å². The smallest absolute Gasteiger partial charge is 0.123 e. The zero-order valence-electron chi connectivity index (χ0n) is 10.1. The molecule has 0 heterocycles. The Kier molecular flexibility index (Phi) is 5.42. The molecule has 0 aliphatic rings. The summed E-state index contributed by atoms with van der Waals surface area (Å²) in [5, 5.41) is 3.29. The van der Waals surface area contributed by atoms with E-state index < -0.39 is 0 Å². The van der Waals surface area contributed by atoms with Crippen molar-refractivity contribution in [1.82, 2.24) is 5.32 Å². The molecule has 1 N–H and O–H groups in total. The van der Waals surface area contributed by atoms with Crippen LogP contribution in [0.5, 0.6) is 0 Å². The standard InChI is InChI=1S/C13H19BrFN/c1-9(2)6-12(16-3)8-10-7-11(15)4-5-13(10)14/h4-5,7,9,12,16H,6,8H2,1-3H3. The summed E-state index contributed by atoms with van der Waals surface area (Å²) in [4.78, 5) is 0. The Balaban J connectivity index is 2.73. The first-order chi connectivity index (χ1) is 7.52. The lowest BCUT2D eigenvalue weighted by molar-refractivity contribution is 0.440. The molecule has 1 aromatic rings. The molecule has 1 rings (SSSR count). The largest absolute Gasteiger partial charge is 0.317 e. The van der Waals surface area contributed by atoms with Gasteiger partial charge in [-0.1, -0.05) is 29.8 Å². The highest BCUT2D eigenvalue weighted by Crippen LogP contribution is 2.21. The van der Waals surface area contributed by atoms with E-state index in [0.717, 1.165) is 22.9 Å². The second-order valence-corrected chi connectivity index (χ2v) is 5.41. The minimum Gasteiger partial charge on any atom is -0.317 e. The molecule has 0 bridgehead atoms. The molecule has 0 aromatic heterocycles. The van der Waals surface area contributed by atoms with Crippen molar-refractivity contribution in [3.63, 3.8) is 0 Å². The van der Waals surface area contributed by atoms with Gasteiger partial charge in [0, 0.05) is 10.5 Å². The molecule has 0 amide bonds. The van der Waals surface area contributed by atoms with Crippen LogP contribution < -0.4 is 5.32 Å². The average molecular weight is 288 g/mol. The van der Waals surface area contributed by atoms with Crippen LogP contribution in [-0.2, 0) is 6.42 Å². The first kappa shape index (κ1) is 13.7. The fourth-order valence-electron chi connectivity index (χ4n) is 1.84. The molecule has 0 aliphatic carbocycles. The van der Waals surface area contributed by atoms with Gasteiger partial charge in [-0.05, 0) is 49.6 Å². The number of likely N-dealkylation sites (N-methyl/N-ethyl adjacent to an activating group) is 1. The molecule has 0 saturated heterocycles. The van der Waals surface area contributed by atoms with Crippen molar-refractivity contribution < 1.29 is 4.39 Å². The van der Waals surface area contributed by atoms with E-state index in [1.165, 1.54) is 6.07 Å². The van der Waals surface area contributed by atoms with E-state index in [1.54, 1.807) is 12.1 Å². The third-order valence-electron chi connectivity index (χ3n) is 2.64. The summed E-state index contributed by atoms with van der Waals surface area (Å²) in [6, 6.07) is 5.25. The fourth-order valence-corrected chi connectivity index (χ4v) is 2.25. The molecule has 1 aromatic carbocycles. The van der Waals surface area contributed by atoms with Gasteiger partial charge >= 0.3 is 0 Å². The highest BCUT2D eigenvalue weighted by atomic mass is 79.9. The van der Waals surface area contributed by atoms with Gasteiger partial charge in [0.1, 0.15) is 5.82 Å². The van der Waals surface area contributed by atoms with Crippen LogP contribution in [0.25, 0.3) is 0 Å². The van der Waals surface area contributed by atoms with Crippen molar-refractivity contribution in [2.24, 2.45) is 5.92 Å². The molecule has 0 radical (unpaired) electrons. The molecule has 0 fully saturated rings. The quantitative estimate of drug-likeness (QED) is 0.869. The van der Waals surface area contributed by atoms with E-state index in [0.29, 0.717) is 12.0 Å². The van der Waals surface area contributed by atoms with Crippen LogP contribution in [0.15, 0.2) is 22.7 Å². The summed E-state index contributed by atoms with van der Waals surface area (Å²) >= 11 is 3.46. The Morgan fingerprint density at radius 1 is 1.38 bits per heavy atom. The molecule has 0 aliphatic heterocycles. The maximum absolute atomic E-state index is 13.1. The van der Waals surface area contributed by atoms with Crippen LogP contribution in [0.2, 0.25) is 0 Å². The predicted molar refractivity (Wildman–Crippen MR) is 70.1 cm³/mol. The minimum atomic E-state index is -0.169. The lowest BCUT2D eigenvalue weighted by Gasteiger charge is -2.19. The van der Waals surface area contributed by atoms with Crippen molar-refractivity contribution in [2.75, 3.05) is 7.05 Å². The van der Waals surface area contributed by atoms with Gasteiger partial charge in [0.05, 0.1) is 0 Å². The lowest BCUT2D eigenvalue weighted by Crippen LogP contribution is -2.29. The maximum Gasteiger partial charge on any atom is 0.123 e. The van der Waals surface area contributed by atoms with Crippen molar-refractivity contribution in [3.05, 3.63) is 34.1 Å². The maximum atomic E-state index is 13.1. The highest BCUT2D eigenvalue weighted by Gasteiger charge is 2.11. The highest BCUT2D eigenvalue weighted by molar-refractivity contribution is 9.10. The molecule has 16 heavy (non-hydrogen) atoms. The number of nitrogens with one attached hydrogen (secondary N) is 1. The van der Waals surface area contributed by atoms with Gasteiger partial charge in [-0.15, -0.1) is 0 Å². The Morgan fingerprint density at radius 2 is 2.06 bits per heavy atom. The van der Waals surface area contributed by atoms with Gasteiger partial charge in [0.15, 0.2) is 0 Å². The SMILES string of the molecule is CNC(Cc1cc(F)ccc1Br)CC(C)C. The normalized spacial score (nSPS) is 13.1. The topological polar surface area (TPSA) is 12.0 Å². The zero-order valence-corrected chi connectivity index (χ0v) is 11.6. The summed E-state index contributed by atoms with van der Waals surface area (Å²) < 4.78 is 14.1. The Labute approximate surface area is 106 Å². The Morgan fingerprint density at radius 3 is 2.62 bits per heavy atom. The predicted octanol–water partition coefficient (Wildman–Crippen LogP) is 3.76. The van der Waals surface area contributed by atoms with Crippen molar-refractivity contribution in [1.29, 1.82) is 0 Å². The molecular formula is C13H19BrFN. The molecule has 3 heteroatoms. The second kappa shape index (κ2) is 6.36. The molecule has 1 unspecified atom stereocenters. The van der Waals surface area contributed by atoms with E-state index in [-0.39, 0.29) is 5.82 Å². The summed E-state index contributed by atoms with van der Waals surface area (Å²) in [7, 11) is 1.96. The summed E-state index contributed by atoms with van der Waals surface area (Å²) in [5.41, 5.74) is 1.03. The Bertz CT molecular complexity index is 339. The summed E-state index contributed by atoms with van der Waals surface area (Å²) in [5.74, 6) is 0.474. The van der Waals surface area contributed by atoms with Gasteiger partial charge in [0.25, 0.3) is 0 Å². The summed E-state index contributed by atoms with van der Waals surface area (Å²) in [6.45, 7) is 4.40. The van der Waals surface area contributed by atoms with Gasteiger partial charge < -0.3 is 5.32 Å². The van der Waals surface area contributed by atoms with Crippen LogP contribution in [-0.4, -0.2) is 13.1 Å².